The molecule has 1 saturated heterocycles. The molecule has 1 N–H and O–H groups in total. The third-order valence-electron chi connectivity index (χ3n) is 6.01. The Kier molecular flexibility index (Phi) is 2.86. The van der Waals surface area contributed by atoms with Gasteiger partial charge in [-0.1, -0.05) is 0 Å². The molecule has 4 aliphatic rings. The highest BCUT2D eigenvalue weighted by Crippen LogP contribution is 2.54. The van der Waals surface area contributed by atoms with Crippen LogP contribution in [0.1, 0.15) is 17.5 Å². The first-order valence-electron chi connectivity index (χ1n) is 8.42. The van der Waals surface area contributed by atoms with Crippen LogP contribution in [0.4, 0.5) is 0 Å². The maximum atomic E-state index is 10.4. The summed E-state index contributed by atoms with van der Waals surface area (Å²) in [6.45, 7) is 1.30. The monoisotopic (exact) mass is 327 g/mol. The predicted molar refractivity (Wildman–Crippen MR) is 88.2 cm³/mol. The number of allylic oxidation sites excluding steroid dienone is 1. The first kappa shape index (κ1) is 14.4. The van der Waals surface area contributed by atoms with E-state index in [1.807, 2.05) is 6.08 Å². The number of ether oxygens (including phenoxy) is 3. The number of hydrogen-bond acceptors (Lipinski definition) is 5. The van der Waals surface area contributed by atoms with Crippen LogP contribution in [0, 0.1) is 0 Å². The second-order valence-electron chi connectivity index (χ2n) is 7.10. The predicted octanol–water partition coefficient (Wildman–Crippen LogP) is 1.74. The van der Waals surface area contributed by atoms with Crippen LogP contribution < -0.4 is 9.47 Å². The maximum absolute atomic E-state index is 10.4. The highest BCUT2D eigenvalue weighted by Gasteiger charge is 2.50. The van der Waals surface area contributed by atoms with Gasteiger partial charge >= 0.3 is 0 Å². The van der Waals surface area contributed by atoms with Gasteiger partial charge in [0.15, 0.2) is 11.5 Å². The van der Waals surface area contributed by atoms with Crippen LogP contribution in [0.25, 0.3) is 0 Å². The van der Waals surface area contributed by atoms with Crippen molar-refractivity contribution in [1.29, 1.82) is 0 Å². The molecular formula is C19H21NO4. The molecule has 1 aromatic rings. The van der Waals surface area contributed by atoms with Crippen molar-refractivity contribution in [2.75, 3.05) is 27.5 Å². The molecule has 1 fully saturated rings. The van der Waals surface area contributed by atoms with E-state index in [4.69, 9.17) is 14.2 Å². The van der Waals surface area contributed by atoms with E-state index in [1.165, 1.54) is 16.7 Å². The van der Waals surface area contributed by atoms with Gasteiger partial charge in [-0.05, 0) is 67.4 Å². The van der Waals surface area contributed by atoms with E-state index in [0.717, 1.165) is 30.9 Å². The minimum absolute atomic E-state index is 0.212. The Labute approximate surface area is 141 Å². The van der Waals surface area contributed by atoms with Gasteiger partial charge in [-0.15, -0.1) is 0 Å². The van der Waals surface area contributed by atoms with Gasteiger partial charge in [-0.2, -0.15) is 0 Å². The number of hydrogen-bond donors (Lipinski definition) is 1. The molecule has 0 saturated carbocycles. The average Bonchev–Trinajstić information content (AvgIpc) is 3.04. The quantitative estimate of drug-likeness (QED) is 0.797. The Hall–Kier alpha value is -1.98. The van der Waals surface area contributed by atoms with Crippen LogP contribution in [0.15, 0.2) is 35.6 Å². The van der Waals surface area contributed by atoms with Crippen molar-refractivity contribution in [3.05, 3.63) is 46.7 Å². The third kappa shape index (κ3) is 1.71. The number of piperidine rings is 1. The molecular weight excluding hydrogens is 306 g/mol. The summed E-state index contributed by atoms with van der Waals surface area (Å²) in [5.74, 6) is 2.29. The summed E-state index contributed by atoms with van der Waals surface area (Å²) in [7, 11) is 3.79. The number of aliphatic hydroxyl groups is 1. The Morgan fingerprint density at radius 3 is 2.88 bits per heavy atom. The van der Waals surface area contributed by atoms with Crippen LogP contribution in [0.5, 0.6) is 11.5 Å². The van der Waals surface area contributed by atoms with Gasteiger partial charge < -0.3 is 19.3 Å². The molecule has 0 aromatic heterocycles. The van der Waals surface area contributed by atoms with Crippen LogP contribution >= 0.6 is 0 Å². The minimum atomic E-state index is -0.664. The van der Waals surface area contributed by atoms with E-state index in [0.29, 0.717) is 11.8 Å². The van der Waals surface area contributed by atoms with Crippen LogP contribution in [-0.2, 0) is 16.6 Å². The molecule has 1 aromatic carbocycles. The van der Waals surface area contributed by atoms with Crippen LogP contribution in [0.2, 0.25) is 0 Å². The Balaban J connectivity index is 1.77. The van der Waals surface area contributed by atoms with E-state index in [1.54, 1.807) is 7.11 Å². The number of nitrogens with zero attached hydrogens (tertiary/aromatic N) is 1. The molecule has 126 valence electrons. The van der Waals surface area contributed by atoms with Gasteiger partial charge in [0.05, 0.1) is 7.11 Å². The van der Waals surface area contributed by atoms with Gasteiger partial charge in [-0.25, -0.2) is 0 Å². The largest absolute Gasteiger partial charge is 0.498 e. The first-order chi connectivity index (χ1) is 11.6. The summed E-state index contributed by atoms with van der Waals surface area (Å²) >= 11 is 0. The van der Waals surface area contributed by atoms with Crippen molar-refractivity contribution < 1.29 is 19.3 Å². The lowest BCUT2D eigenvalue weighted by molar-refractivity contribution is 0.132. The third-order valence-corrected chi connectivity index (χ3v) is 6.01. The molecule has 0 unspecified atom stereocenters. The van der Waals surface area contributed by atoms with E-state index in [2.05, 4.69) is 30.2 Å². The van der Waals surface area contributed by atoms with Crippen molar-refractivity contribution in [3.8, 4) is 11.5 Å². The number of aliphatic hydroxyl groups excluding tert-OH is 1. The number of likely N-dealkylation sites (tertiary alicyclic amines) is 1. The van der Waals surface area contributed by atoms with Gasteiger partial charge in [-0.3, -0.25) is 4.90 Å². The Morgan fingerprint density at radius 2 is 2.08 bits per heavy atom. The molecule has 0 amide bonds. The molecule has 2 aliphatic heterocycles. The lowest BCUT2D eigenvalue weighted by Gasteiger charge is -2.53. The maximum Gasteiger partial charge on any atom is 0.231 e. The molecule has 0 spiro atoms. The zero-order valence-electron chi connectivity index (χ0n) is 13.9. The van der Waals surface area contributed by atoms with E-state index < -0.39 is 6.10 Å². The first-order valence-corrected chi connectivity index (χ1v) is 8.42. The van der Waals surface area contributed by atoms with Crippen molar-refractivity contribution in [3.63, 3.8) is 0 Å². The van der Waals surface area contributed by atoms with Gasteiger partial charge in [0.1, 0.15) is 11.9 Å². The second kappa shape index (κ2) is 4.77. The standard InChI is InChI=1S/C19H21NO4/c1-20-4-3-19-9-18(22-2)15(21)7-13(19)14(20)5-11-6-16-17(8-12(11)19)24-10-23-16/h6-9,14-15,21H,3-5,10H2,1-2H3/t14-,15+,19-/m1/s1. The smallest absolute Gasteiger partial charge is 0.231 e. The minimum Gasteiger partial charge on any atom is -0.498 e. The summed E-state index contributed by atoms with van der Waals surface area (Å²) < 4.78 is 16.7. The average molecular weight is 327 g/mol. The summed E-state index contributed by atoms with van der Waals surface area (Å²) in [4.78, 5) is 2.38. The van der Waals surface area contributed by atoms with E-state index in [-0.39, 0.29) is 12.2 Å². The molecule has 2 bridgehead atoms. The fraction of sp³-hybridized carbons (Fsp3) is 0.474. The molecule has 24 heavy (non-hydrogen) atoms. The zero-order chi connectivity index (χ0) is 16.5. The number of likely N-dealkylation sites (N-methyl/N-ethyl adjacent to an activating group) is 1. The summed E-state index contributed by atoms with van der Waals surface area (Å²) in [5, 5.41) is 10.4. The number of rotatable bonds is 1. The zero-order valence-corrected chi connectivity index (χ0v) is 13.9. The Morgan fingerprint density at radius 1 is 1.29 bits per heavy atom. The summed E-state index contributed by atoms with van der Waals surface area (Å²) in [5.41, 5.74) is 3.65. The SMILES string of the molecule is COC1=C[C@]23CCN(C)[C@H](Cc4cc5c(cc42)OCO5)C3=C[C@@H]1O. The molecule has 0 radical (unpaired) electrons. The van der Waals surface area contributed by atoms with Gasteiger partial charge in [0, 0.05) is 11.5 Å². The molecule has 5 nitrogen and oxygen atoms in total. The molecule has 2 aliphatic carbocycles. The normalized spacial score (nSPS) is 33.3. The number of methoxy groups -OCH3 is 1. The lowest BCUT2D eigenvalue weighted by atomic mass is 9.58. The van der Waals surface area contributed by atoms with E-state index >= 15 is 0 Å². The second-order valence-corrected chi connectivity index (χ2v) is 7.10. The molecule has 3 atom stereocenters. The fourth-order valence-corrected chi connectivity index (χ4v) is 4.77. The van der Waals surface area contributed by atoms with Crippen molar-refractivity contribution in [2.24, 2.45) is 0 Å². The van der Waals surface area contributed by atoms with E-state index in [9.17, 15) is 5.11 Å². The van der Waals surface area contributed by atoms with Crippen molar-refractivity contribution in [1.82, 2.24) is 4.90 Å². The summed E-state index contributed by atoms with van der Waals surface area (Å²) in [6, 6.07) is 4.57. The lowest BCUT2D eigenvalue weighted by Crippen LogP contribution is -2.54. The molecule has 2 heterocycles. The summed E-state index contributed by atoms with van der Waals surface area (Å²) in [6.07, 6.45) is 5.36. The van der Waals surface area contributed by atoms with Crippen LogP contribution in [-0.4, -0.2) is 49.6 Å². The highest BCUT2D eigenvalue weighted by molar-refractivity contribution is 5.61. The van der Waals surface area contributed by atoms with Gasteiger partial charge in [0.2, 0.25) is 6.79 Å². The fourth-order valence-electron chi connectivity index (χ4n) is 4.77. The molecule has 5 rings (SSSR count). The van der Waals surface area contributed by atoms with Crippen molar-refractivity contribution >= 4 is 0 Å². The van der Waals surface area contributed by atoms with Crippen LogP contribution in [0.3, 0.4) is 0 Å². The van der Waals surface area contributed by atoms with Gasteiger partial charge in [0.25, 0.3) is 0 Å². The Bertz CT molecular complexity index is 784. The highest BCUT2D eigenvalue weighted by atomic mass is 16.7. The van der Waals surface area contributed by atoms with Crippen molar-refractivity contribution in [2.45, 2.75) is 30.4 Å². The topological polar surface area (TPSA) is 51.2 Å². The number of fused-ring (bicyclic) bond motifs is 2. The molecule has 5 heteroatoms. The number of benzene rings is 1.